The molecule has 3 rings (SSSR count). The molecule has 2 N–H and O–H groups in total. The van der Waals surface area contributed by atoms with Gasteiger partial charge in [-0.2, -0.15) is 0 Å². The monoisotopic (exact) mass is 372 g/mol. The normalized spacial score (nSPS) is 23.0. The molecule has 0 aliphatic heterocycles. The smallest absolute Gasteiger partial charge is 0.143 e. The number of aromatic hydroxyl groups is 1. The average Bonchev–Trinajstić information content (AvgIpc) is 3.33. The van der Waals surface area contributed by atoms with Crippen molar-refractivity contribution in [2.24, 2.45) is 11.8 Å². The van der Waals surface area contributed by atoms with Gasteiger partial charge >= 0.3 is 0 Å². The minimum absolute atomic E-state index is 0.0122. The Balaban J connectivity index is 1.52. The Morgan fingerprint density at radius 1 is 1.07 bits per heavy atom. The van der Waals surface area contributed by atoms with Gasteiger partial charge in [-0.25, -0.2) is 0 Å². The zero-order valence-electron chi connectivity index (χ0n) is 16.2. The number of aliphatic hydroxyl groups excluding tert-OH is 1. The summed E-state index contributed by atoms with van der Waals surface area (Å²) in [5.41, 5.74) is 2.68. The van der Waals surface area contributed by atoms with Crippen molar-refractivity contribution < 1.29 is 19.8 Å². The maximum Gasteiger partial charge on any atom is 0.143 e. The Labute approximate surface area is 162 Å². The summed E-state index contributed by atoms with van der Waals surface area (Å²) in [6.07, 6.45) is 9.98. The fourth-order valence-corrected chi connectivity index (χ4v) is 4.97. The van der Waals surface area contributed by atoms with Crippen LogP contribution in [0.15, 0.2) is 18.2 Å². The molecule has 2 aliphatic carbocycles. The minimum atomic E-state index is -0.171. The van der Waals surface area contributed by atoms with Crippen molar-refractivity contribution in [3.05, 3.63) is 29.3 Å². The molecule has 0 bridgehead atoms. The maximum atomic E-state index is 12.3. The third kappa shape index (κ3) is 5.41. The van der Waals surface area contributed by atoms with Gasteiger partial charge in [0.2, 0.25) is 0 Å². The number of ketones is 2. The van der Waals surface area contributed by atoms with Crippen LogP contribution >= 0.6 is 0 Å². The number of aryl methyl sites for hydroxylation is 1. The first-order chi connectivity index (χ1) is 13.1. The first-order valence-electron chi connectivity index (χ1n) is 10.5. The molecule has 2 unspecified atom stereocenters. The molecule has 2 saturated carbocycles. The molecule has 2 aliphatic rings. The van der Waals surface area contributed by atoms with E-state index in [1.165, 1.54) is 36.8 Å². The molecule has 0 amide bonds. The van der Waals surface area contributed by atoms with Crippen LogP contribution in [0.2, 0.25) is 0 Å². The Kier molecular flexibility index (Phi) is 7.06. The summed E-state index contributed by atoms with van der Waals surface area (Å²) < 4.78 is 0. The number of phenols is 1. The van der Waals surface area contributed by atoms with Crippen LogP contribution in [0.4, 0.5) is 0 Å². The highest BCUT2D eigenvalue weighted by Crippen LogP contribution is 2.39. The summed E-state index contributed by atoms with van der Waals surface area (Å²) in [5, 5.41) is 18.7. The van der Waals surface area contributed by atoms with Gasteiger partial charge in [-0.3, -0.25) is 9.59 Å². The highest BCUT2D eigenvalue weighted by molar-refractivity contribution is 6.00. The summed E-state index contributed by atoms with van der Waals surface area (Å²) >= 11 is 0. The van der Waals surface area contributed by atoms with E-state index < -0.39 is 0 Å². The first-order valence-corrected chi connectivity index (χ1v) is 10.5. The van der Waals surface area contributed by atoms with E-state index in [1.54, 1.807) is 6.07 Å². The molecular formula is C23H32O4. The standard InChI is InChI=1S/C23H32O4/c24-12-11-21(26)15-23(27)19-8-6-16(13-19)5-7-18-9-10-20(25)14-22(18)17-3-1-2-4-17/h9-10,14,16-17,19,24-25H,1-8,11-13,15H2. The molecule has 148 valence electrons. The molecule has 2 atom stereocenters. The van der Waals surface area contributed by atoms with E-state index in [-0.39, 0.29) is 36.9 Å². The largest absolute Gasteiger partial charge is 0.508 e. The van der Waals surface area contributed by atoms with Crippen molar-refractivity contribution in [1.29, 1.82) is 0 Å². The summed E-state index contributed by atoms with van der Waals surface area (Å²) in [5.74, 6) is 1.43. The van der Waals surface area contributed by atoms with Crippen LogP contribution in [0.1, 0.15) is 81.3 Å². The number of benzene rings is 1. The van der Waals surface area contributed by atoms with E-state index in [1.807, 2.05) is 6.07 Å². The van der Waals surface area contributed by atoms with E-state index in [4.69, 9.17) is 5.11 Å². The van der Waals surface area contributed by atoms with Crippen molar-refractivity contribution in [2.45, 2.75) is 76.5 Å². The molecule has 0 heterocycles. The van der Waals surface area contributed by atoms with Crippen LogP contribution < -0.4 is 0 Å². The Morgan fingerprint density at radius 2 is 1.85 bits per heavy atom. The fourth-order valence-electron chi connectivity index (χ4n) is 4.97. The van der Waals surface area contributed by atoms with E-state index in [2.05, 4.69) is 6.07 Å². The summed E-state index contributed by atoms with van der Waals surface area (Å²) in [7, 11) is 0. The van der Waals surface area contributed by atoms with Gasteiger partial charge in [0.1, 0.15) is 17.3 Å². The molecule has 1 aromatic carbocycles. The Hall–Kier alpha value is -1.68. The zero-order valence-corrected chi connectivity index (χ0v) is 16.2. The minimum Gasteiger partial charge on any atom is -0.508 e. The molecule has 2 fully saturated rings. The summed E-state index contributed by atoms with van der Waals surface area (Å²) in [6.45, 7) is -0.171. The molecule has 0 aromatic heterocycles. The van der Waals surface area contributed by atoms with Gasteiger partial charge in [0, 0.05) is 18.9 Å². The number of aliphatic hydroxyl groups is 1. The highest BCUT2D eigenvalue weighted by atomic mass is 16.3. The third-order valence-electron chi connectivity index (χ3n) is 6.50. The van der Waals surface area contributed by atoms with Crippen LogP contribution in [0.25, 0.3) is 0 Å². The predicted octanol–water partition coefficient (Wildman–Crippen LogP) is 4.31. The molecule has 4 nitrogen and oxygen atoms in total. The zero-order chi connectivity index (χ0) is 19.2. The van der Waals surface area contributed by atoms with Gasteiger partial charge in [-0.1, -0.05) is 18.9 Å². The number of Topliss-reactive ketones (excluding diaryl/α,β-unsaturated/α-hetero) is 2. The number of carbonyl (C=O) groups excluding carboxylic acids is 2. The predicted molar refractivity (Wildman–Crippen MR) is 105 cm³/mol. The Bertz CT molecular complexity index is 660. The second-order valence-corrected chi connectivity index (χ2v) is 8.43. The molecule has 0 radical (unpaired) electrons. The quantitative estimate of drug-likeness (QED) is 0.634. The van der Waals surface area contributed by atoms with Crippen LogP contribution in [0.3, 0.4) is 0 Å². The number of carbonyl (C=O) groups is 2. The van der Waals surface area contributed by atoms with Crippen molar-refractivity contribution in [2.75, 3.05) is 6.61 Å². The lowest BCUT2D eigenvalue weighted by Gasteiger charge is -2.17. The third-order valence-corrected chi connectivity index (χ3v) is 6.50. The van der Waals surface area contributed by atoms with E-state index in [9.17, 15) is 14.7 Å². The lowest BCUT2D eigenvalue weighted by molar-refractivity contribution is -0.129. The van der Waals surface area contributed by atoms with E-state index in [0.29, 0.717) is 17.6 Å². The SMILES string of the molecule is O=C(CCO)CC(=O)C1CCC(CCc2ccc(O)cc2C2CCCC2)C1. The molecule has 1 aromatic rings. The van der Waals surface area contributed by atoms with Gasteiger partial charge in [0.25, 0.3) is 0 Å². The first kappa shape index (κ1) is 20.1. The summed E-state index contributed by atoms with van der Waals surface area (Å²) in [6, 6.07) is 5.83. The van der Waals surface area contributed by atoms with Crippen molar-refractivity contribution in [1.82, 2.24) is 0 Å². The summed E-state index contributed by atoms with van der Waals surface area (Å²) in [4.78, 5) is 23.9. The molecule has 0 spiro atoms. The number of hydrogen-bond donors (Lipinski definition) is 2. The maximum absolute atomic E-state index is 12.3. The van der Waals surface area contributed by atoms with Gasteiger partial charge in [-0.15, -0.1) is 0 Å². The Morgan fingerprint density at radius 3 is 2.59 bits per heavy atom. The average molecular weight is 373 g/mol. The lowest BCUT2D eigenvalue weighted by atomic mass is 9.88. The lowest BCUT2D eigenvalue weighted by Crippen LogP contribution is -2.16. The van der Waals surface area contributed by atoms with Crippen molar-refractivity contribution >= 4 is 11.6 Å². The van der Waals surface area contributed by atoms with Crippen molar-refractivity contribution in [3.8, 4) is 5.75 Å². The second kappa shape index (κ2) is 9.50. The molecule has 4 heteroatoms. The second-order valence-electron chi connectivity index (χ2n) is 8.43. The van der Waals surface area contributed by atoms with Crippen LogP contribution in [0, 0.1) is 11.8 Å². The van der Waals surface area contributed by atoms with Crippen LogP contribution in [-0.4, -0.2) is 28.4 Å². The van der Waals surface area contributed by atoms with Gasteiger partial charge in [0.15, 0.2) is 0 Å². The van der Waals surface area contributed by atoms with Crippen LogP contribution in [-0.2, 0) is 16.0 Å². The van der Waals surface area contributed by atoms with Gasteiger partial charge in [0.05, 0.1) is 6.42 Å². The number of rotatable bonds is 9. The van der Waals surface area contributed by atoms with Crippen molar-refractivity contribution in [3.63, 3.8) is 0 Å². The van der Waals surface area contributed by atoms with E-state index in [0.717, 1.165) is 32.1 Å². The highest BCUT2D eigenvalue weighted by Gasteiger charge is 2.30. The molecule has 27 heavy (non-hydrogen) atoms. The number of hydrogen-bond acceptors (Lipinski definition) is 4. The topological polar surface area (TPSA) is 74.6 Å². The molecule has 0 saturated heterocycles. The van der Waals surface area contributed by atoms with E-state index >= 15 is 0 Å². The van der Waals surface area contributed by atoms with Gasteiger partial charge < -0.3 is 10.2 Å². The van der Waals surface area contributed by atoms with Crippen LogP contribution in [0.5, 0.6) is 5.75 Å². The van der Waals surface area contributed by atoms with Gasteiger partial charge in [-0.05, 0) is 80.0 Å². The molecular weight excluding hydrogens is 340 g/mol. The number of phenolic OH excluding ortho intramolecular Hbond substituents is 1. The fraction of sp³-hybridized carbons (Fsp3) is 0.652.